The molecule has 1 aromatic heterocycles. The van der Waals surface area contributed by atoms with E-state index in [4.69, 9.17) is 17.3 Å². The molecule has 0 spiro atoms. The minimum atomic E-state index is 0.338. The average molecular weight is 274 g/mol. The van der Waals surface area contributed by atoms with Crippen molar-refractivity contribution < 1.29 is 0 Å². The van der Waals surface area contributed by atoms with Crippen molar-refractivity contribution in [1.29, 1.82) is 0 Å². The van der Waals surface area contributed by atoms with Crippen molar-refractivity contribution in [2.75, 3.05) is 17.2 Å². The van der Waals surface area contributed by atoms with Crippen LogP contribution in [0, 0.1) is 0 Å². The largest absolute Gasteiger partial charge is 0.397 e. The molecular weight excluding hydrogens is 258 g/mol. The van der Waals surface area contributed by atoms with E-state index in [0.717, 1.165) is 35.8 Å². The predicted octanol–water partition coefficient (Wildman–Crippen LogP) is 3.66. The van der Waals surface area contributed by atoms with Crippen LogP contribution < -0.4 is 10.6 Å². The molecule has 3 rings (SSSR count). The van der Waals surface area contributed by atoms with Crippen molar-refractivity contribution in [3.8, 4) is 0 Å². The number of hydrogen-bond donors (Lipinski definition) is 1. The first-order valence-electron chi connectivity index (χ1n) is 6.48. The molecule has 19 heavy (non-hydrogen) atoms. The molecule has 98 valence electrons. The van der Waals surface area contributed by atoms with E-state index < -0.39 is 0 Å². The molecule has 3 nitrogen and oxygen atoms in total. The zero-order chi connectivity index (χ0) is 13.2. The van der Waals surface area contributed by atoms with Crippen molar-refractivity contribution in [1.82, 2.24) is 4.98 Å². The van der Waals surface area contributed by atoms with Crippen LogP contribution in [0.25, 0.3) is 0 Å². The van der Waals surface area contributed by atoms with Gasteiger partial charge in [0.15, 0.2) is 0 Å². The highest BCUT2D eigenvalue weighted by Crippen LogP contribution is 2.42. The van der Waals surface area contributed by atoms with Gasteiger partial charge in [-0.3, -0.25) is 4.98 Å². The van der Waals surface area contributed by atoms with E-state index in [1.807, 2.05) is 30.6 Å². The molecule has 4 heteroatoms. The van der Waals surface area contributed by atoms with Crippen LogP contribution >= 0.6 is 11.6 Å². The number of nitrogens with zero attached hydrogens (tertiary/aromatic N) is 2. The molecule has 1 aliphatic rings. The summed E-state index contributed by atoms with van der Waals surface area (Å²) in [5.41, 5.74) is 9.08. The van der Waals surface area contributed by atoms with E-state index in [9.17, 15) is 0 Å². The number of anilines is 2. The number of pyridine rings is 1. The summed E-state index contributed by atoms with van der Waals surface area (Å²) in [4.78, 5) is 6.39. The van der Waals surface area contributed by atoms with Gasteiger partial charge in [0.2, 0.25) is 0 Å². The quantitative estimate of drug-likeness (QED) is 0.849. The van der Waals surface area contributed by atoms with Crippen LogP contribution in [0.1, 0.15) is 24.4 Å². The number of aromatic nitrogens is 1. The van der Waals surface area contributed by atoms with Gasteiger partial charge in [-0.15, -0.1) is 0 Å². The Labute approximate surface area is 118 Å². The highest BCUT2D eigenvalue weighted by atomic mass is 35.5. The van der Waals surface area contributed by atoms with Crippen LogP contribution in [-0.4, -0.2) is 11.5 Å². The number of nitrogens with two attached hydrogens (primary N) is 1. The van der Waals surface area contributed by atoms with Gasteiger partial charge in [-0.1, -0.05) is 17.7 Å². The van der Waals surface area contributed by atoms with E-state index in [1.165, 1.54) is 5.56 Å². The lowest BCUT2D eigenvalue weighted by Crippen LogP contribution is -2.23. The van der Waals surface area contributed by atoms with Gasteiger partial charge >= 0.3 is 0 Å². The van der Waals surface area contributed by atoms with E-state index in [0.29, 0.717) is 6.04 Å². The Kier molecular flexibility index (Phi) is 3.30. The highest BCUT2D eigenvalue weighted by molar-refractivity contribution is 6.34. The fourth-order valence-electron chi connectivity index (χ4n) is 2.80. The molecular formula is C15H16ClN3. The first-order chi connectivity index (χ1) is 9.27. The molecule has 1 unspecified atom stereocenters. The SMILES string of the molecule is Nc1cccc(Cl)c1N1CCCC1c1ccncc1. The van der Waals surface area contributed by atoms with Crippen molar-refractivity contribution in [3.63, 3.8) is 0 Å². The van der Waals surface area contributed by atoms with E-state index in [-0.39, 0.29) is 0 Å². The predicted molar refractivity (Wildman–Crippen MR) is 79.4 cm³/mol. The van der Waals surface area contributed by atoms with Crippen LogP contribution in [0.4, 0.5) is 11.4 Å². The van der Waals surface area contributed by atoms with Gasteiger partial charge < -0.3 is 10.6 Å². The zero-order valence-corrected chi connectivity index (χ0v) is 11.3. The summed E-state index contributed by atoms with van der Waals surface area (Å²) in [5, 5.41) is 0.723. The summed E-state index contributed by atoms with van der Waals surface area (Å²) in [6.45, 7) is 0.987. The molecule has 2 aromatic rings. The third-order valence-electron chi connectivity index (χ3n) is 3.65. The summed E-state index contributed by atoms with van der Waals surface area (Å²) < 4.78 is 0. The Bertz CT molecular complexity index is 551. The first kappa shape index (κ1) is 12.3. The monoisotopic (exact) mass is 273 g/mol. The first-order valence-corrected chi connectivity index (χ1v) is 6.86. The number of hydrogen-bond acceptors (Lipinski definition) is 3. The van der Waals surface area contributed by atoms with Crippen molar-refractivity contribution in [3.05, 3.63) is 53.3 Å². The molecule has 0 bridgehead atoms. The van der Waals surface area contributed by atoms with Crippen molar-refractivity contribution in [2.45, 2.75) is 18.9 Å². The van der Waals surface area contributed by atoms with Gasteiger partial charge in [0.25, 0.3) is 0 Å². The number of nitrogen functional groups attached to an aromatic ring is 1. The number of halogens is 1. The number of rotatable bonds is 2. The lowest BCUT2D eigenvalue weighted by molar-refractivity contribution is 0.718. The second kappa shape index (κ2) is 5.10. The normalized spacial score (nSPS) is 18.8. The molecule has 1 fully saturated rings. The van der Waals surface area contributed by atoms with Crippen molar-refractivity contribution in [2.24, 2.45) is 0 Å². The highest BCUT2D eigenvalue weighted by Gasteiger charge is 2.28. The minimum absolute atomic E-state index is 0.338. The van der Waals surface area contributed by atoms with E-state index in [1.54, 1.807) is 0 Å². The van der Waals surface area contributed by atoms with Gasteiger partial charge in [-0.25, -0.2) is 0 Å². The van der Waals surface area contributed by atoms with Gasteiger partial charge in [-0.05, 0) is 42.7 Å². The molecule has 2 N–H and O–H groups in total. The Hall–Kier alpha value is -1.74. The topological polar surface area (TPSA) is 42.1 Å². The Morgan fingerprint density at radius 2 is 2.00 bits per heavy atom. The maximum atomic E-state index is 6.33. The lowest BCUT2D eigenvalue weighted by Gasteiger charge is -2.29. The maximum absolute atomic E-state index is 6.33. The lowest BCUT2D eigenvalue weighted by atomic mass is 10.1. The Balaban J connectivity index is 2.00. The minimum Gasteiger partial charge on any atom is -0.397 e. The molecule has 1 saturated heterocycles. The smallest absolute Gasteiger partial charge is 0.0794 e. The molecule has 0 radical (unpaired) electrons. The molecule has 1 atom stereocenters. The standard InChI is InChI=1S/C15H16ClN3/c16-12-3-1-4-13(17)15(12)19-10-2-5-14(19)11-6-8-18-9-7-11/h1,3-4,6-9,14H,2,5,10,17H2. The summed E-state index contributed by atoms with van der Waals surface area (Å²) >= 11 is 6.33. The molecule has 0 amide bonds. The van der Waals surface area contributed by atoms with Gasteiger partial charge in [0.05, 0.1) is 22.4 Å². The Morgan fingerprint density at radius 1 is 1.21 bits per heavy atom. The van der Waals surface area contributed by atoms with Crippen LogP contribution in [0.5, 0.6) is 0 Å². The van der Waals surface area contributed by atoms with Crippen LogP contribution in [0.15, 0.2) is 42.7 Å². The van der Waals surface area contributed by atoms with Crippen LogP contribution in [-0.2, 0) is 0 Å². The number of benzene rings is 1. The van der Waals surface area contributed by atoms with Crippen molar-refractivity contribution >= 4 is 23.0 Å². The fraction of sp³-hybridized carbons (Fsp3) is 0.267. The zero-order valence-electron chi connectivity index (χ0n) is 10.6. The maximum Gasteiger partial charge on any atom is 0.0794 e. The summed E-state index contributed by atoms with van der Waals surface area (Å²) in [7, 11) is 0. The summed E-state index contributed by atoms with van der Waals surface area (Å²) in [6, 6.07) is 10.2. The summed E-state index contributed by atoms with van der Waals surface area (Å²) in [6.07, 6.45) is 5.94. The molecule has 0 saturated carbocycles. The number of para-hydroxylation sites is 1. The van der Waals surface area contributed by atoms with E-state index in [2.05, 4.69) is 22.0 Å². The second-order valence-corrected chi connectivity index (χ2v) is 5.22. The third kappa shape index (κ3) is 2.26. The van der Waals surface area contributed by atoms with Crippen LogP contribution in [0.2, 0.25) is 5.02 Å². The Morgan fingerprint density at radius 3 is 2.74 bits per heavy atom. The van der Waals surface area contributed by atoms with Crippen LogP contribution in [0.3, 0.4) is 0 Å². The van der Waals surface area contributed by atoms with Gasteiger partial charge in [0.1, 0.15) is 0 Å². The summed E-state index contributed by atoms with van der Waals surface area (Å²) in [5.74, 6) is 0. The van der Waals surface area contributed by atoms with Gasteiger partial charge in [0, 0.05) is 18.9 Å². The van der Waals surface area contributed by atoms with E-state index >= 15 is 0 Å². The molecule has 1 aliphatic heterocycles. The average Bonchev–Trinajstić information content (AvgIpc) is 2.89. The van der Waals surface area contributed by atoms with Gasteiger partial charge in [-0.2, -0.15) is 0 Å². The third-order valence-corrected chi connectivity index (χ3v) is 3.95. The molecule has 0 aliphatic carbocycles. The molecule has 2 heterocycles. The fourth-order valence-corrected chi connectivity index (χ4v) is 3.09. The second-order valence-electron chi connectivity index (χ2n) is 4.81. The molecule has 1 aromatic carbocycles.